The summed E-state index contributed by atoms with van der Waals surface area (Å²) in [5.41, 5.74) is 0.928. The van der Waals surface area contributed by atoms with Gasteiger partial charge in [0.1, 0.15) is 17.3 Å². The maximum Gasteiger partial charge on any atom is 0.261 e. The molecule has 3 N–H and O–H groups in total. The SMILES string of the molecule is C=C.CC(CCNC(=O)COc1ccc(Cl)c(F)c1)NC(=O)C1CC(NC2COC2)c2cc(Cl)ccc2O1. The van der Waals surface area contributed by atoms with Crippen LogP contribution in [0.4, 0.5) is 4.39 Å². The Bertz CT molecular complexity index is 1120. The van der Waals surface area contributed by atoms with Crippen LogP contribution in [0.3, 0.4) is 0 Å². The van der Waals surface area contributed by atoms with Crippen molar-refractivity contribution in [2.75, 3.05) is 26.4 Å². The summed E-state index contributed by atoms with van der Waals surface area (Å²) in [7, 11) is 0. The van der Waals surface area contributed by atoms with Gasteiger partial charge in [-0.1, -0.05) is 23.2 Å². The Labute approximate surface area is 231 Å². The van der Waals surface area contributed by atoms with Crippen molar-refractivity contribution in [2.24, 2.45) is 0 Å². The molecule has 0 aromatic heterocycles. The minimum absolute atomic E-state index is 0.0187. The molecule has 3 atom stereocenters. The number of carbonyl (C=O) groups is 2. The number of ether oxygens (including phenoxy) is 3. The normalized spacial score (nSPS) is 18.9. The van der Waals surface area contributed by atoms with Gasteiger partial charge in [0.15, 0.2) is 12.7 Å². The van der Waals surface area contributed by atoms with Crippen molar-refractivity contribution in [3.8, 4) is 11.5 Å². The van der Waals surface area contributed by atoms with Crippen molar-refractivity contribution in [2.45, 2.75) is 44.0 Å². The van der Waals surface area contributed by atoms with Crippen LogP contribution in [0.1, 0.15) is 31.4 Å². The molecule has 0 aliphatic carbocycles. The Morgan fingerprint density at radius 1 is 1.18 bits per heavy atom. The third-order valence-corrected chi connectivity index (χ3v) is 6.52. The number of benzene rings is 2. The lowest BCUT2D eigenvalue weighted by Crippen LogP contribution is -2.51. The van der Waals surface area contributed by atoms with Gasteiger partial charge in [0, 0.05) is 41.7 Å². The predicted octanol–water partition coefficient (Wildman–Crippen LogP) is 4.21. The minimum atomic E-state index is -0.664. The van der Waals surface area contributed by atoms with Crippen molar-refractivity contribution in [3.63, 3.8) is 0 Å². The van der Waals surface area contributed by atoms with Gasteiger partial charge in [-0.05, 0) is 43.7 Å². The van der Waals surface area contributed by atoms with E-state index in [9.17, 15) is 14.0 Å². The number of carbonyl (C=O) groups excluding carboxylic acids is 2. The van der Waals surface area contributed by atoms with Gasteiger partial charge in [0.05, 0.1) is 24.3 Å². The zero-order chi connectivity index (χ0) is 27.7. The van der Waals surface area contributed by atoms with Gasteiger partial charge >= 0.3 is 0 Å². The average Bonchev–Trinajstić information content (AvgIpc) is 2.88. The van der Waals surface area contributed by atoms with E-state index in [1.54, 1.807) is 12.1 Å². The van der Waals surface area contributed by atoms with Crippen LogP contribution in [-0.4, -0.2) is 56.4 Å². The fourth-order valence-corrected chi connectivity index (χ4v) is 4.28. The summed E-state index contributed by atoms with van der Waals surface area (Å²) >= 11 is 11.8. The van der Waals surface area contributed by atoms with Crippen LogP contribution in [0.2, 0.25) is 10.0 Å². The van der Waals surface area contributed by atoms with Crippen molar-refractivity contribution in [1.82, 2.24) is 16.0 Å². The molecular weight excluding hydrogens is 536 g/mol. The standard InChI is InChI=1S/C25H28Cl2FN3O5.C2H4/c1-14(6-7-29-24(32)13-35-17-3-4-19(27)20(28)9-17)30-25(33)23-10-21(31-16-11-34-12-16)18-8-15(26)2-5-22(18)36-23;1-2/h2-5,8-9,14,16,21,23,31H,6-7,10-13H2,1H3,(H,29,32)(H,30,33);1-2H2. The summed E-state index contributed by atoms with van der Waals surface area (Å²) in [5, 5.41) is 9.79. The van der Waals surface area contributed by atoms with Crippen molar-refractivity contribution >= 4 is 35.0 Å². The van der Waals surface area contributed by atoms with E-state index in [2.05, 4.69) is 29.1 Å². The van der Waals surface area contributed by atoms with E-state index in [0.29, 0.717) is 43.4 Å². The Hall–Kier alpha value is -2.85. The van der Waals surface area contributed by atoms with E-state index >= 15 is 0 Å². The molecule has 0 radical (unpaired) electrons. The van der Waals surface area contributed by atoms with Gasteiger partial charge < -0.3 is 30.2 Å². The molecule has 1 saturated heterocycles. The van der Waals surface area contributed by atoms with Crippen LogP contribution in [0.25, 0.3) is 0 Å². The van der Waals surface area contributed by atoms with Crippen molar-refractivity contribution in [1.29, 1.82) is 0 Å². The van der Waals surface area contributed by atoms with Crippen LogP contribution in [-0.2, 0) is 14.3 Å². The minimum Gasteiger partial charge on any atom is -0.484 e. The second kappa shape index (κ2) is 14.3. The molecule has 0 saturated carbocycles. The topological polar surface area (TPSA) is 97.9 Å². The van der Waals surface area contributed by atoms with Gasteiger partial charge in [-0.3, -0.25) is 9.59 Å². The summed E-state index contributed by atoms with van der Waals surface area (Å²) in [6.07, 6.45) is 0.303. The van der Waals surface area contributed by atoms with E-state index < -0.39 is 11.9 Å². The fourth-order valence-electron chi connectivity index (χ4n) is 3.98. The lowest BCUT2D eigenvalue weighted by Gasteiger charge is -2.37. The molecule has 2 aromatic rings. The largest absolute Gasteiger partial charge is 0.484 e. The number of amides is 2. The molecule has 3 unspecified atom stereocenters. The molecule has 11 heteroatoms. The highest BCUT2D eigenvalue weighted by Crippen LogP contribution is 2.37. The van der Waals surface area contributed by atoms with Crippen LogP contribution >= 0.6 is 23.2 Å². The second-order valence-electron chi connectivity index (χ2n) is 8.89. The molecule has 2 aliphatic heterocycles. The van der Waals surface area contributed by atoms with Crippen molar-refractivity contribution in [3.05, 3.63) is 71.0 Å². The summed E-state index contributed by atoms with van der Waals surface area (Å²) in [6.45, 7) is 9.19. The molecule has 0 spiro atoms. The van der Waals surface area contributed by atoms with E-state index in [4.69, 9.17) is 37.4 Å². The number of hydrogen-bond donors (Lipinski definition) is 3. The third kappa shape index (κ3) is 8.33. The molecular formula is C27H32Cl2FN3O5. The smallest absolute Gasteiger partial charge is 0.261 e. The molecule has 1 fully saturated rings. The van der Waals surface area contributed by atoms with Crippen LogP contribution < -0.4 is 25.4 Å². The summed E-state index contributed by atoms with van der Waals surface area (Å²) in [5.74, 6) is -0.360. The molecule has 2 aliphatic rings. The quantitative estimate of drug-likeness (QED) is 0.372. The maximum absolute atomic E-state index is 13.4. The Balaban J connectivity index is 0.00000195. The number of rotatable bonds is 10. The first kappa shape index (κ1) is 29.7. The van der Waals surface area contributed by atoms with E-state index in [-0.39, 0.29) is 47.3 Å². The average molecular weight is 568 g/mol. The summed E-state index contributed by atoms with van der Waals surface area (Å²) in [6, 6.07) is 9.29. The fraction of sp³-hybridized carbons (Fsp3) is 0.407. The number of nitrogens with one attached hydrogen (secondary N) is 3. The van der Waals surface area contributed by atoms with Crippen LogP contribution in [0, 0.1) is 5.82 Å². The van der Waals surface area contributed by atoms with Crippen LogP contribution in [0.15, 0.2) is 49.6 Å². The first-order chi connectivity index (χ1) is 18.3. The lowest BCUT2D eigenvalue weighted by molar-refractivity contribution is -0.130. The van der Waals surface area contributed by atoms with E-state index in [1.165, 1.54) is 12.1 Å². The zero-order valence-corrected chi connectivity index (χ0v) is 22.6. The molecule has 38 heavy (non-hydrogen) atoms. The Morgan fingerprint density at radius 3 is 2.63 bits per heavy atom. The third-order valence-electron chi connectivity index (χ3n) is 5.98. The Morgan fingerprint density at radius 2 is 1.95 bits per heavy atom. The molecule has 2 heterocycles. The zero-order valence-electron chi connectivity index (χ0n) is 21.1. The molecule has 8 nitrogen and oxygen atoms in total. The molecule has 2 amide bonds. The first-order valence-corrected chi connectivity index (χ1v) is 13.0. The second-order valence-corrected chi connectivity index (χ2v) is 9.73. The van der Waals surface area contributed by atoms with Gasteiger partial charge in [-0.25, -0.2) is 4.39 Å². The molecule has 206 valence electrons. The highest BCUT2D eigenvalue weighted by atomic mass is 35.5. The lowest BCUT2D eigenvalue weighted by atomic mass is 9.94. The van der Waals surface area contributed by atoms with E-state index in [1.807, 2.05) is 13.0 Å². The highest BCUT2D eigenvalue weighted by Gasteiger charge is 2.35. The van der Waals surface area contributed by atoms with Gasteiger partial charge in [-0.15, -0.1) is 13.2 Å². The first-order valence-electron chi connectivity index (χ1n) is 12.2. The number of fused-ring (bicyclic) bond motifs is 1. The molecule has 2 aromatic carbocycles. The maximum atomic E-state index is 13.4. The van der Waals surface area contributed by atoms with Gasteiger partial charge in [0.25, 0.3) is 11.8 Å². The van der Waals surface area contributed by atoms with Gasteiger partial charge in [0.2, 0.25) is 0 Å². The summed E-state index contributed by atoms with van der Waals surface area (Å²) < 4.78 is 30.0. The molecule has 0 bridgehead atoms. The Kier molecular flexibility index (Phi) is 11.2. The van der Waals surface area contributed by atoms with Gasteiger partial charge in [-0.2, -0.15) is 0 Å². The number of halogens is 3. The molecule has 4 rings (SSSR count). The van der Waals surface area contributed by atoms with Crippen molar-refractivity contribution < 1.29 is 28.2 Å². The predicted molar refractivity (Wildman–Crippen MR) is 144 cm³/mol. The number of hydrogen-bond acceptors (Lipinski definition) is 6. The highest BCUT2D eigenvalue weighted by molar-refractivity contribution is 6.31. The van der Waals surface area contributed by atoms with Crippen LogP contribution in [0.5, 0.6) is 11.5 Å². The monoisotopic (exact) mass is 567 g/mol. The summed E-state index contributed by atoms with van der Waals surface area (Å²) in [4.78, 5) is 25.0. The van der Waals surface area contributed by atoms with E-state index in [0.717, 1.165) is 11.6 Å².